The molecule has 2 heterocycles. The predicted molar refractivity (Wildman–Crippen MR) is 112 cm³/mol. The van der Waals surface area contributed by atoms with Crippen molar-refractivity contribution < 1.29 is 14.1 Å². The molecule has 2 bridgehead atoms. The quantitative estimate of drug-likeness (QED) is 0.681. The lowest BCUT2D eigenvalue weighted by Crippen LogP contribution is -2.65. The van der Waals surface area contributed by atoms with E-state index < -0.39 is 13.2 Å². The maximum atomic E-state index is 12.8. The van der Waals surface area contributed by atoms with Crippen molar-refractivity contribution in [1.29, 1.82) is 0 Å². The summed E-state index contributed by atoms with van der Waals surface area (Å²) in [6.45, 7) is 11.5. The molecule has 1 saturated heterocycles. The summed E-state index contributed by atoms with van der Waals surface area (Å²) in [5, 5.41) is 7.26. The van der Waals surface area contributed by atoms with Crippen molar-refractivity contribution in [3.05, 3.63) is 18.5 Å². The highest BCUT2D eigenvalue weighted by Gasteiger charge is 2.68. The smallest absolute Gasteiger partial charge is 0.404 e. The summed E-state index contributed by atoms with van der Waals surface area (Å²) >= 11 is 0. The Morgan fingerprint density at radius 3 is 2.76 bits per heavy atom. The number of nitrogens with two attached hydrogens (primary N) is 1. The standard InChI is InChI=1S/C21H35BN4O3/c1-13(2)9-18(25-19(27)15(23)12-26-8-6-7-24-26)22-28-17-11-14-10-16(20(14,3)4)21(17,5)29-22/h6-8,13-18H,9-12,23H2,1-5H3,(H,25,27)/t14-,15+,16-,17-,18+,21+/m1/s1. The summed E-state index contributed by atoms with van der Waals surface area (Å²) in [6.07, 6.45) is 6.63. The van der Waals surface area contributed by atoms with Gasteiger partial charge in [-0.05, 0) is 55.4 Å². The zero-order chi connectivity index (χ0) is 21.0. The third-order valence-corrected chi connectivity index (χ3v) is 7.63. The second kappa shape index (κ2) is 7.39. The van der Waals surface area contributed by atoms with Crippen LogP contribution < -0.4 is 11.1 Å². The average molecular weight is 402 g/mol. The maximum absolute atomic E-state index is 12.8. The minimum Gasteiger partial charge on any atom is -0.404 e. The van der Waals surface area contributed by atoms with Crippen LogP contribution >= 0.6 is 0 Å². The number of carbonyl (C=O) groups excluding carboxylic acids is 1. The molecule has 3 saturated carbocycles. The van der Waals surface area contributed by atoms with Crippen LogP contribution in [0.4, 0.5) is 0 Å². The Kier molecular flexibility index (Phi) is 5.32. The fraction of sp³-hybridized carbons (Fsp3) is 0.810. The molecule has 0 unspecified atom stereocenters. The Balaban J connectivity index is 1.44. The van der Waals surface area contributed by atoms with Crippen LogP contribution in [0.5, 0.6) is 0 Å². The van der Waals surface area contributed by atoms with Gasteiger partial charge in [-0.1, -0.05) is 27.7 Å². The molecule has 0 spiro atoms. The van der Waals surface area contributed by atoms with Gasteiger partial charge in [-0.3, -0.25) is 9.48 Å². The van der Waals surface area contributed by atoms with Crippen molar-refractivity contribution in [2.24, 2.45) is 28.9 Å². The highest BCUT2D eigenvalue weighted by Crippen LogP contribution is 2.65. The van der Waals surface area contributed by atoms with Gasteiger partial charge < -0.3 is 20.4 Å². The van der Waals surface area contributed by atoms with E-state index in [1.54, 1.807) is 17.1 Å². The van der Waals surface area contributed by atoms with E-state index in [1.165, 1.54) is 6.42 Å². The zero-order valence-electron chi connectivity index (χ0n) is 18.3. The van der Waals surface area contributed by atoms with Crippen molar-refractivity contribution >= 4 is 13.0 Å². The molecular formula is C21H35BN4O3. The first-order chi connectivity index (χ1) is 13.6. The second-order valence-corrected chi connectivity index (χ2v) is 10.4. The molecule has 1 aliphatic heterocycles. The number of aromatic nitrogens is 2. The molecule has 6 atom stereocenters. The van der Waals surface area contributed by atoms with Crippen molar-refractivity contribution in [2.75, 3.05) is 0 Å². The number of rotatable bonds is 7. The fourth-order valence-electron chi connectivity index (χ4n) is 5.80. The summed E-state index contributed by atoms with van der Waals surface area (Å²) in [7, 11) is -0.427. The zero-order valence-corrected chi connectivity index (χ0v) is 18.3. The molecule has 29 heavy (non-hydrogen) atoms. The van der Waals surface area contributed by atoms with Gasteiger partial charge >= 0.3 is 7.12 Å². The van der Waals surface area contributed by atoms with Gasteiger partial charge in [0.15, 0.2) is 0 Å². The van der Waals surface area contributed by atoms with Gasteiger partial charge in [0.1, 0.15) is 6.04 Å². The van der Waals surface area contributed by atoms with Gasteiger partial charge in [-0.25, -0.2) is 0 Å². The third-order valence-electron chi connectivity index (χ3n) is 7.63. The minimum absolute atomic E-state index is 0.105. The van der Waals surface area contributed by atoms with Crippen LogP contribution in [0.2, 0.25) is 0 Å². The Labute approximate surface area is 174 Å². The van der Waals surface area contributed by atoms with Crippen molar-refractivity contribution in [2.45, 2.75) is 84.1 Å². The molecule has 1 aromatic rings. The topological polar surface area (TPSA) is 91.4 Å². The molecule has 0 radical (unpaired) electrons. The van der Waals surface area contributed by atoms with Gasteiger partial charge in [0.25, 0.3) is 0 Å². The highest BCUT2D eigenvalue weighted by molar-refractivity contribution is 6.47. The summed E-state index contributed by atoms with van der Waals surface area (Å²) < 4.78 is 14.7. The van der Waals surface area contributed by atoms with E-state index in [0.29, 0.717) is 29.7 Å². The highest BCUT2D eigenvalue weighted by atomic mass is 16.7. The van der Waals surface area contributed by atoms with E-state index in [2.05, 4.69) is 45.0 Å². The number of hydrogen-bond donors (Lipinski definition) is 2. The predicted octanol–water partition coefficient (Wildman–Crippen LogP) is 2.01. The van der Waals surface area contributed by atoms with E-state index in [4.69, 9.17) is 15.0 Å². The summed E-state index contributed by atoms with van der Waals surface area (Å²) in [5.74, 6) is 1.20. The maximum Gasteiger partial charge on any atom is 0.481 e. The monoisotopic (exact) mass is 402 g/mol. The van der Waals surface area contributed by atoms with Crippen LogP contribution in [0.25, 0.3) is 0 Å². The van der Waals surface area contributed by atoms with Crippen LogP contribution in [0.3, 0.4) is 0 Å². The molecule has 7 nitrogen and oxygen atoms in total. The molecular weight excluding hydrogens is 367 g/mol. The first kappa shape index (κ1) is 20.9. The fourth-order valence-corrected chi connectivity index (χ4v) is 5.80. The first-order valence-electron chi connectivity index (χ1n) is 11.0. The van der Waals surface area contributed by atoms with Gasteiger partial charge in [0.05, 0.1) is 24.2 Å². The van der Waals surface area contributed by atoms with Gasteiger partial charge in [-0.15, -0.1) is 0 Å². The molecule has 160 valence electrons. The second-order valence-electron chi connectivity index (χ2n) is 10.4. The Bertz CT molecular complexity index is 740. The lowest BCUT2D eigenvalue weighted by Gasteiger charge is -2.64. The third kappa shape index (κ3) is 3.64. The van der Waals surface area contributed by atoms with Crippen LogP contribution in [0.15, 0.2) is 18.5 Å². The van der Waals surface area contributed by atoms with Crippen LogP contribution in [0.1, 0.15) is 53.9 Å². The van der Waals surface area contributed by atoms with E-state index in [9.17, 15) is 4.79 Å². The Morgan fingerprint density at radius 1 is 1.38 bits per heavy atom. The number of hydrogen-bond acceptors (Lipinski definition) is 5. The van der Waals surface area contributed by atoms with Gasteiger partial charge in [0.2, 0.25) is 5.91 Å². The van der Waals surface area contributed by atoms with Gasteiger partial charge in [0, 0.05) is 12.4 Å². The van der Waals surface area contributed by atoms with Crippen molar-refractivity contribution in [3.8, 4) is 0 Å². The first-order valence-corrected chi connectivity index (χ1v) is 11.0. The summed E-state index contributed by atoms with van der Waals surface area (Å²) in [4.78, 5) is 12.8. The SMILES string of the molecule is CC(C)C[C@H](NC(=O)[C@@H](N)Cn1cccn1)B1O[C@@H]2C[C@H]3C[C@H](C3(C)C)[C@]2(C)O1. The average Bonchev–Trinajstić information content (AvgIpc) is 3.26. The normalized spacial score (nSPS) is 34.4. The lowest BCUT2D eigenvalue weighted by molar-refractivity contribution is -0.199. The summed E-state index contributed by atoms with van der Waals surface area (Å²) in [5.41, 5.74) is 6.16. The number of carbonyl (C=O) groups is 1. The number of nitrogens with zero attached hydrogens (tertiary/aromatic N) is 2. The van der Waals surface area contributed by atoms with E-state index in [1.807, 2.05) is 6.07 Å². The summed E-state index contributed by atoms with van der Waals surface area (Å²) in [6, 6.07) is 1.15. The largest absolute Gasteiger partial charge is 0.481 e. The number of amides is 1. The molecule has 1 amide bonds. The van der Waals surface area contributed by atoms with E-state index in [-0.39, 0.29) is 23.6 Å². The molecule has 8 heteroatoms. The van der Waals surface area contributed by atoms with E-state index in [0.717, 1.165) is 12.8 Å². The van der Waals surface area contributed by atoms with Crippen LogP contribution in [-0.4, -0.2) is 46.5 Å². The Hall–Kier alpha value is -1.38. The molecule has 4 aliphatic rings. The van der Waals surface area contributed by atoms with Crippen LogP contribution in [0, 0.1) is 23.2 Å². The Morgan fingerprint density at radius 2 is 2.14 bits per heavy atom. The lowest BCUT2D eigenvalue weighted by atomic mass is 9.43. The van der Waals surface area contributed by atoms with E-state index >= 15 is 0 Å². The number of nitrogens with one attached hydrogen (secondary N) is 1. The van der Waals surface area contributed by atoms with Crippen molar-refractivity contribution in [1.82, 2.24) is 15.1 Å². The molecule has 3 N–H and O–H groups in total. The van der Waals surface area contributed by atoms with Crippen molar-refractivity contribution in [3.63, 3.8) is 0 Å². The molecule has 4 fully saturated rings. The molecule has 1 aromatic heterocycles. The minimum atomic E-state index is -0.671. The molecule has 5 rings (SSSR count). The molecule has 0 aromatic carbocycles. The molecule has 3 aliphatic carbocycles. The van der Waals surface area contributed by atoms with Gasteiger partial charge in [-0.2, -0.15) is 5.10 Å². The van der Waals surface area contributed by atoms with Crippen LogP contribution in [-0.2, 0) is 20.6 Å².